The van der Waals surface area contributed by atoms with E-state index in [1.54, 1.807) is 12.1 Å². The Balaban J connectivity index is 1.89. The summed E-state index contributed by atoms with van der Waals surface area (Å²) < 4.78 is 23.7. The second kappa shape index (κ2) is 5.43. The van der Waals surface area contributed by atoms with Gasteiger partial charge in [-0.1, -0.05) is 29.3 Å². The van der Waals surface area contributed by atoms with Crippen molar-refractivity contribution < 1.29 is 13.2 Å². The van der Waals surface area contributed by atoms with Gasteiger partial charge in [0.15, 0.2) is 9.84 Å². The van der Waals surface area contributed by atoms with Crippen LogP contribution in [0.5, 0.6) is 0 Å². The van der Waals surface area contributed by atoms with E-state index in [-0.39, 0.29) is 23.5 Å². The molecule has 0 radical (unpaired) electrons. The molecular weight excluding hydrogens is 353 g/mol. The topological polar surface area (TPSA) is 63.2 Å². The van der Waals surface area contributed by atoms with Gasteiger partial charge in [-0.15, -0.1) is 11.3 Å². The highest BCUT2D eigenvalue weighted by Crippen LogP contribution is 2.39. The number of carbonyl (C=O) groups excluding carboxylic acids is 1. The molecule has 2 aromatic rings. The quantitative estimate of drug-likeness (QED) is 0.891. The molecule has 1 amide bonds. The van der Waals surface area contributed by atoms with Crippen molar-refractivity contribution in [1.29, 1.82) is 0 Å². The number of thiophene rings is 1. The third kappa shape index (κ3) is 2.90. The number of amides is 1. The Labute approximate surface area is 136 Å². The zero-order valence-corrected chi connectivity index (χ0v) is 13.9. The molecule has 0 bridgehead atoms. The fourth-order valence-electron chi connectivity index (χ4n) is 2.38. The van der Waals surface area contributed by atoms with Gasteiger partial charge in [-0.05, 0) is 18.6 Å². The van der Waals surface area contributed by atoms with Crippen molar-refractivity contribution in [3.8, 4) is 0 Å². The summed E-state index contributed by atoms with van der Waals surface area (Å²) in [6.07, 6.45) is 0.442. The zero-order chi connectivity index (χ0) is 15.2. The lowest BCUT2D eigenvalue weighted by Crippen LogP contribution is -2.35. The molecule has 0 unspecified atom stereocenters. The minimum atomic E-state index is -3.03. The summed E-state index contributed by atoms with van der Waals surface area (Å²) in [5.74, 6) is -0.245. The normalized spacial score (nSPS) is 20.8. The molecule has 1 aliphatic rings. The Morgan fingerprint density at radius 1 is 1.33 bits per heavy atom. The van der Waals surface area contributed by atoms with Crippen LogP contribution in [-0.4, -0.2) is 31.9 Å². The van der Waals surface area contributed by atoms with Crippen LogP contribution < -0.4 is 5.32 Å². The number of hydrogen-bond acceptors (Lipinski definition) is 4. The molecule has 0 saturated carbocycles. The van der Waals surface area contributed by atoms with Crippen LogP contribution >= 0.6 is 34.5 Å². The molecule has 4 nitrogen and oxygen atoms in total. The molecule has 1 aliphatic heterocycles. The van der Waals surface area contributed by atoms with Crippen LogP contribution in [0.15, 0.2) is 18.2 Å². The molecule has 2 heterocycles. The number of fused-ring (bicyclic) bond motifs is 1. The second-order valence-electron chi connectivity index (χ2n) is 4.93. The molecule has 1 aromatic heterocycles. The van der Waals surface area contributed by atoms with E-state index < -0.39 is 9.84 Å². The molecule has 8 heteroatoms. The Hall–Kier alpha value is -0.820. The number of carbonyl (C=O) groups is 1. The Kier molecular flexibility index (Phi) is 3.90. The predicted octanol–water partition coefficient (Wildman–Crippen LogP) is 3.13. The molecule has 1 fully saturated rings. The van der Waals surface area contributed by atoms with Crippen molar-refractivity contribution in [3.63, 3.8) is 0 Å². The van der Waals surface area contributed by atoms with Crippen molar-refractivity contribution in [2.75, 3.05) is 11.5 Å². The van der Waals surface area contributed by atoms with Crippen LogP contribution in [0, 0.1) is 0 Å². The Morgan fingerprint density at radius 2 is 2.10 bits per heavy atom. The molecule has 112 valence electrons. The van der Waals surface area contributed by atoms with E-state index in [1.807, 2.05) is 6.07 Å². The summed E-state index contributed by atoms with van der Waals surface area (Å²) >= 11 is 13.6. The average molecular weight is 364 g/mol. The van der Waals surface area contributed by atoms with Crippen molar-refractivity contribution in [3.05, 3.63) is 33.1 Å². The predicted molar refractivity (Wildman–Crippen MR) is 86.4 cm³/mol. The summed E-state index contributed by atoms with van der Waals surface area (Å²) in [6, 6.07) is 5.00. The van der Waals surface area contributed by atoms with E-state index in [0.717, 1.165) is 4.70 Å². The highest BCUT2D eigenvalue weighted by molar-refractivity contribution is 7.91. The van der Waals surface area contributed by atoms with Gasteiger partial charge in [0.25, 0.3) is 5.91 Å². The van der Waals surface area contributed by atoms with Gasteiger partial charge in [0.05, 0.1) is 21.6 Å². The first-order chi connectivity index (χ1) is 9.87. The molecule has 3 rings (SSSR count). The molecule has 0 aliphatic carbocycles. The second-order valence-corrected chi connectivity index (χ2v) is 9.00. The minimum Gasteiger partial charge on any atom is -0.348 e. The number of halogens is 2. The fraction of sp³-hybridized carbons (Fsp3) is 0.308. The highest BCUT2D eigenvalue weighted by atomic mass is 35.5. The third-order valence-corrected chi connectivity index (χ3v) is 7.11. The monoisotopic (exact) mass is 363 g/mol. The minimum absolute atomic E-state index is 0.0119. The van der Waals surface area contributed by atoms with Crippen molar-refractivity contribution in [1.82, 2.24) is 5.32 Å². The van der Waals surface area contributed by atoms with Crippen LogP contribution in [-0.2, 0) is 9.84 Å². The van der Waals surface area contributed by atoms with Gasteiger partial charge < -0.3 is 5.32 Å². The Bertz CT molecular complexity index is 829. The first-order valence-corrected chi connectivity index (χ1v) is 9.64. The number of hydrogen-bond donors (Lipinski definition) is 1. The smallest absolute Gasteiger partial charge is 0.263 e. The van der Waals surface area contributed by atoms with Crippen LogP contribution in [0.4, 0.5) is 0 Å². The van der Waals surface area contributed by atoms with Gasteiger partial charge in [-0.25, -0.2) is 8.42 Å². The highest BCUT2D eigenvalue weighted by Gasteiger charge is 2.30. The van der Waals surface area contributed by atoms with Crippen LogP contribution in [0.3, 0.4) is 0 Å². The van der Waals surface area contributed by atoms with Crippen molar-refractivity contribution in [2.24, 2.45) is 0 Å². The number of benzene rings is 1. The van der Waals surface area contributed by atoms with E-state index in [0.29, 0.717) is 26.7 Å². The molecule has 1 atom stereocenters. The summed E-state index contributed by atoms with van der Waals surface area (Å²) in [5.41, 5.74) is 0. The summed E-state index contributed by atoms with van der Waals surface area (Å²) in [6.45, 7) is 0. The first kappa shape index (κ1) is 15.1. The fourth-order valence-corrected chi connectivity index (χ4v) is 5.91. The number of rotatable bonds is 2. The van der Waals surface area contributed by atoms with Crippen LogP contribution in [0.1, 0.15) is 16.1 Å². The number of nitrogens with one attached hydrogen (secondary N) is 1. The van der Waals surface area contributed by atoms with Gasteiger partial charge in [-0.3, -0.25) is 4.79 Å². The summed E-state index contributed by atoms with van der Waals surface area (Å²) in [5, 5.41) is 4.21. The molecule has 0 spiro atoms. The Morgan fingerprint density at radius 3 is 2.71 bits per heavy atom. The average Bonchev–Trinajstić information content (AvgIpc) is 2.91. The largest absolute Gasteiger partial charge is 0.348 e. The van der Waals surface area contributed by atoms with Gasteiger partial charge in [0.2, 0.25) is 0 Å². The lowest BCUT2D eigenvalue weighted by Gasteiger charge is -2.09. The SMILES string of the molecule is O=C(N[C@@H]1CCS(=O)(=O)C1)c1sc2cccc(Cl)c2c1Cl. The van der Waals surface area contributed by atoms with Crippen molar-refractivity contribution in [2.45, 2.75) is 12.5 Å². The third-order valence-electron chi connectivity index (χ3n) is 3.38. The standard InChI is InChI=1S/C13H11Cl2NO3S2/c14-8-2-1-3-9-10(8)11(15)12(20-9)13(17)16-7-4-5-21(18,19)6-7/h1-3,7H,4-6H2,(H,16,17)/t7-/m1/s1. The summed E-state index contributed by atoms with van der Waals surface area (Å²) in [4.78, 5) is 12.7. The zero-order valence-electron chi connectivity index (χ0n) is 10.7. The van der Waals surface area contributed by atoms with Crippen LogP contribution in [0.25, 0.3) is 10.1 Å². The van der Waals surface area contributed by atoms with Gasteiger partial charge in [0.1, 0.15) is 4.88 Å². The lowest BCUT2D eigenvalue weighted by atomic mass is 10.2. The molecular formula is C13H11Cl2NO3S2. The maximum Gasteiger partial charge on any atom is 0.263 e. The molecule has 1 saturated heterocycles. The molecule has 1 N–H and O–H groups in total. The lowest BCUT2D eigenvalue weighted by molar-refractivity contribution is 0.0945. The number of sulfone groups is 1. The van der Waals surface area contributed by atoms with Gasteiger partial charge in [0, 0.05) is 16.1 Å². The molecule has 21 heavy (non-hydrogen) atoms. The summed E-state index contributed by atoms with van der Waals surface area (Å²) in [7, 11) is -3.03. The van der Waals surface area contributed by atoms with Crippen molar-refractivity contribution >= 4 is 60.4 Å². The van der Waals surface area contributed by atoms with Gasteiger partial charge >= 0.3 is 0 Å². The van der Waals surface area contributed by atoms with E-state index in [9.17, 15) is 13.2 Å². The van der Waals surface area contributed by atoms with Gasteiger partial charge in [-0.2, -0.15) is 0 Å². The first-order valence-electron chi connectivity index (χ1n) is 6.25. The van der Waals surface area contributed by atoms with E-state index >= 15 is 0 Å². The van der Waals surface area contributed by atoms with E-state index in [1.165, 1.54) is 11.3 Å². The maximum atomic E-state index is 12.3. The maximum absolute atomic E-state index is 12.3. The molecule has 1 aromatic carbocycles. The van der Waals surface area contributed by atoms with Crippen LogP contribution in [0.2, 0.25) is 10.0 Å². The van der Waals surface area contributed by atoms with E-state index in [2.05, 4.69) is 5.32 Å². The van der Waals surface area contributed by atoms with E-state index in [4.69, 9.17) is 23.2 Å².